The zero-order valence-corrected chi connectivity index (χ0v) is 11.1. The molecule has 0 radical (unpaired) electrons. The molecule has 2 heterocycles. The van der Waals surface area contributed by atoms with Crippen LogP contribution in [0.15, 0.2) is 27.8 Å². The van der Waals surface area contributed by atoms with Crippen molar-refractivity contribution >= 4 is 17.4 Å². The molecular weight excluding hydrogens is 234 g/mol. The second kappa shape index (κ2) is 4.87. The van der Waals surface area contributed by atoms with Crippen molar-refractivity contribution in [1.82, 2.24) is 9.78 Å². The molecule has 2 aromatic heterocycles. The van der Waals surface area contributed by atoms with Crippen LogP contribution < -0.4 is 5.73 Å². The quantitative estimate of drug-likeness (QED) is 0.847. The highest BCUT2D eigenvalue weighted by Gasteiger charge is 2.15. The molecule has 2 N–H and O–H groups in total. The molecule has 2 aromatic rings. The molecule has 0 saturated heterocycles. The highest BCUT2D eigenvalue weighted by molar-refractivity contribution is 7.98. The summed E-state index contributed by atoms with van der Waals surface area (Å²) in [4.78, 5) is 0. The third kappa shape index (κ3) is 2.49. The molecular formula is C12H17N3OS. The van der Waals surface area contributed by atoms with E-state index >= 15 is 0 Å². The summed E-state index contributed by atoms with van der Waals surface area (Å²) in [5, 5.41) is 5.47. The van der Waals surface area contributed by atoms with E-state index in [4.69, 9.17) is 10.2 Å². The minimum atomic E-state index is 0.310. The number of thioether (sulfide) groups is 1. The van der Waals surface area contributed by atoms with Crippen molar-refractivity contribution in [2.45, 2.75) is 37.6 Å². The van der Waals surface area contributed by atoms with Gasteiger partial charge in [-0.25, -0.2) is 0 Å². The fraction of sp³-hybridized carbons (Fsp3) is 0.417. The minimum Gasteiger partial charge on any atom is -0.468 e. The first-order valence-corrected chi connectivity index (χ1v) is 6.58. The maximum atomic E-state index is 6.05. The molecule has 0 atom stereocenters. The number of nitrogens with two attached hydrogens (primary N) is 1. The van der Waals surface area contributed by atoms with Crippen molar-refractivity contribution in [2.75, 3.05) is 5.73 Å². The van der Waals surface area contributed by atoms with Crippen LogP contribution in [0.3, 0.4) is 0 Å². The third-order valence-corrected chi connectivity index (χ3v) is 3.62. The largest absolute Gasteiger partial charge is 0.468 e. The summed E-state index contributed by atoms with van der Waals surface area (Å²) < 4.78 is 7.28. The van der Waals surface area contributed by atoms with Gasteiger partial charge in [-0.1, -0.05) is 11.8 Å². The molecule has 0 aliphatic rings. The lowest BCUT2D eigenvalue weighted by molar-refractivity contribution is 0.490. The van der Waals surface area contributed by atoms with Crippen molar-refractivity contribution < 1.29 is 4.42 Å². The number of nitrogen functional groups attached to an aromatic ring is 1. The fourth-order valence-electron chi connectivity index (χ4n) is 1.57. The Morgan fingerprint density at radius 1 is 1.53 bits per heavy atom. The van der Waals surface area contributed by atoms with Gasteiger partial charge in [0.15, 0.2) is 0 Å². The smallest absolute Gasteiger partial charge is 0.118 e. The van der Waals surface area contributed by atoms with Crippen LogP contribution >= 0.6 is 11.8 Å². The molecule has 5 heteroatoms. The monoisotopic (exact) mass is 251 g/mol. The van der Waals surface area contributed by atoms with E-state index in [9.17, 15) is 0 Å². The van der Waals surface area contributed by atoms with E-state index < -0.39 is 0 Å². The number of aryl methyl sites for hydroxylation is 1. The Morgan fingerprint density at radius 3 is 2.88 bits per heavy atom. The van der Waals surface area contributed by atoms with E-state index in [0.29, 0.717) is 6.04 Å². The van der Waals surface area contributed by atoms with Gasteiger partial charge in [-0.05, 0) is 32.9 Å². The molecule has 4 nitrogen and oxygen atoms in total. The Hall–Kier alpha value is -1.36. The number of anilines is 1. The van der Waals surface area contributed by atoms with Gasteiger partial charge >= 0.3 is 0 Å². The molecule has 0 saturated carbocycles. The van der Waals surface area contributed by atoms with Gasteiger partial charge in [-0.3, -0.25) is 4.68 Å². The Balaban J connectivity index is 2.19. The number of aromatic nitrogens is 2. The lowest BCUT2D eigenvalue weighted by atomic mass is 10.4. The molecule has 0 bridgehead atoms. The molecule has 0 amide bonds. The number of hydrogen-bond acceptors (Lipinski definition) is 4. The fourth-order valence-corrected chi connectivity index (χ4v) is 2.70. The highest BCUT2D eigenvalue weighted by Crippen LogP contribution is 2.32. The molecule has 0 aromatic carbocycles. The first-order valence-electron chi connectivity index (χ1n) is 5.59. The number of hydrogen-bond donors (Lipinski definition) is 1. The van der Waals surface area contributed by atoms with Crippen LogP contribution in [-0.4, -0.2) is 9.78 Å². The van der Waals surface area contributed by atoms with Crippen molar-refractivity contribution in [3.8, 4) is 0 Å². The van der Waals surface area contributed by atoms with E-state index in [1.54, 1.807) is 18.0 Å². The van der Waals surface area contributed by atoms with E-state index in [1.807, 2.05) is 23.7 Å². The lowest BCUT2D eigenvalue weighted by Gasteiger charge is -2.10. The lowest BCUT2D eigenvalue weighted by Crippen LogP contribution is -2.04. The minimum absolute atomic E-state index is 0.310. The van der Waals surface area contributed by atoms with Gasteiger partial charge in [0, 0.05) is 6.04 Å². The van der Waals surface area contributed by atoms with Crippen LogP contribution in [0.2, 0.25) is 0 Å². The third-order valence-electron chi connectivity index (χ3n) is 2.51. The summed E-state index contributed by atoms with van der Waals surface area (Å²) in [5.41, 5.74) is 7.71. The molecule has 0 unspecified atom stereocenters. The van der Waals surface area contributed by atoms with Crippen LogP contribution in [0.25, 0.3) is 0 Å². The van der Waals surface area contributed by atoms with Crippen LogP contribution in [0.4, 0.5) is 5.69 Å². The maximum absolute atomic E-state index is 6.05. The summed E-state index contributed by atoms with van der Waals surface area (Å²) in [7, 11) is 0. The predicted molar refractivity (Wildman–Crippen MR) is 70.0 cm³/mol. The Labute approximate surface area is 105 Å². The van der Waals surface area contributed by atoms with Gasteiger partial charge in [0.05, 0.1) is 23.4 Å². The van der Waals surface area contributed by atoms with Crippen LogP contribution in [-0.2, 0) is 5.75 Å². The van der Waals surface area contributed by atoms with E-state index in [0.717, 1.165) is 27.9 Å². The van der Waals surface area contributed by atoms with Crippen molar-refractivity contribution in [1.29, 1.82) is 0 Å². The standard InChI is InChI=1S/C12H17N3OS/c1-8(2)15-12(11(13)9(3)14-15)17-7-10-5-4-6-16-10/h4-6,8H,7,13H2,1-3H3. The van der Waals surface area contributed by atoms with Gasteiger partial charge in [-0.15, -0.1) is 0 Å². The van der Waals surface area contributed by atoms with Crippen molar-refractivity contribution in [2.24, 2.45) is 0 Å². The topological polar surface area (TPSA) is 57.0 Å². The van der Waals surface area contributed by atoms with Gasteiger partial charge in [0.2, 0.25) is 0 Å². The Bertz CT molecular complexity index is 488. The molecule has 0 fully saturated rings. The normalized spacial score (nSPS) is 11.3. The van der Waals surface area contributed by atoms with Crippen molar-refractivity contribution in [3.63, 3.8) is 0 Å². The first kappa shape index (κ1) is 12.1. The van der Waals surface area contributed by atoms with E-state index in [1.165, 1.54) is 0 Å². The van der Waals surface area contributed by atoms with E-state index in [-0.39, 0.29) is 0 Å². The second-order valence-corrected chi connectivity index (χ2v) is 5.17. The summed E-state index contributed by atoms with van der Waals surface area (Å²) in [6.45, 7) is 6.14. The molecule has 0 spiro atoms. The summed E-state index contributed by atoms with van der Waals surface area (Å²) in [6.07, 6.45) is 1.68. The zero-order chi connectivity index (χ0) is 12.4. The summed E-state index contributed by atoms with van der Waals surface area (Å²) >= 11 is 1.66. The Morgan fingerprint density at radius 2 is 2.29 bits per heavy atom. The average molecular weight is 251 g/mol. The summed E-state index contributed by atoms with van der Waals surface area (Å²) in [5.74, 6) is 1.72. The molecule has 17 heavy (non-hydrogen) atoms. The second-order valence-electron chi connectivity index (χ2n) is 4.21. The van der Waals surface area contributed by atoms with Gasteiger partial charge < -0.3 is 10.2 Å². The molecule has 2 rings (SSSR count). The van der Waals surface area contributed by atoms with E-state index in [2.05, 4.69) is 18.9 Å². The highest BCUT2D eigenvalue weighted by atomic mass is 32.2. The van der Waals surface area contributed by atoms with Crippen LogP contribution in [0.1, 0.15) is 31.3 Å². The average Bonchev–Trinajstić information content (AvgIpc) is 2.87. The van der Waals surface area contributed by atoms with Gasteiger partial charge in [-0.2, -0.15) is 5.10 Å². The molecule has 0 aliphatic heterocycles. The van der Waals surface area contributed by atoms with Gasteiger partial charge in [0.25, 0.3) is 0 Å². The van der Waals surface area contributed by atoms with Crippen LogP contribution in [0, 0.1) is 6.92 Å². The first-order chi connectivity index (χ1) is 8.09. The number of nitrogens with zero attached hydrogens (tertiary/aromatic N) is 2. The number of rotatable bonds is 4. The summed E-state index contributed by atoms with van der Waals surface area (Å²) in [6, 6.07) is 4.17. The SMILES string of the molecule is Cc1nn(C(C)C)c(SCc2ccco2)c1N. The Kier molecular flexibility index (Phi) is 3.47. The van der Waals surface area contributed by atoms with Gasteiger partial charge in [0.1, 0.15) is 10.8 Å². The van der Waals surface area contributed by atoms with Crippen molar-refractivity contribution in [3.05, 3.63) is 29.9 Å². The molecule has 92 valence electrons. The predicted octanol–water partition coefficient (Wildman–Crippen LogP) is 3.24. The maximum Gasteiger partial charge on any atom is 0.118 e. The number of furan rings is 1. The zero-order valence-electron chi connectivity index (χ0n) is 10.3. The molecule has 0 aliphatic carbocycles. The van der Waals surface area contributed by atoms with Crippen LogP contribution in [0.5, 0.6) is 0 Å².